The molecule has 0 amide bonds. The van der Waals surface area contributed by atoms with Crippen LogP contribution in [0.4, 0.5) is 0 Å². The molecule has 0 atom stereocenters. The minimum absolute atomic E-state index is 0.912. The van der Waals surface area contributed by atoms with Gasteiger partial charge < -0.3 is 4.42 Å². The number of para-hydroxylation sites is 1. The summed E-state index contributed by atoms with van der Waals surface area (Å²) in [5.74, 6) is 0. The molecule has 0 unspecified atom stereocenters. The van der Waals surface area contributed by atoms with Gasteiger partial charge in [-0.2, -0.15) is 0 Å². The predicted molar refractivity (Wildman–Crippen MR) is 233 cm³/mol. The van der Waals surface area contributed by atoms with Gasteiger partial charge in [0.05, 0.1) is 0 Å². The molecule has 12 aromatic rings. The van der Waals surface area contributed by atoms with Crippen molar-refractivity contribution in [2.45, 2.75) is 0 Å². The zero-order chi connectivity index (χ0) is 35.3. The van der Waals surface area contributed by atoms with Crippen LogP contribution in [0.3, 0.4) is 0 Å². The van der Waals surface area contributed by atoms with E-state index in [0.717, 1.165) is 16.6 Å². The molecule has 2 heterocycles. The van der Waals surface area contributed by atoms with Crippen LogP contribution in [-0.4, -0.2) is 0 Å². The molecule has 250 valence electrons. The maximum atomic E-state index is 6.50. The summed E-state index contributed by atoms with van der Waals surface area (Å²) in [6.07, 6.45) is 0. The van der Waals surface area contributed by atoms with Gasteiger partial charge in [0, 0.05) is 36.3 Å². The molecule has 1 nitrogen and oxygen atoms in total. The highest BCUT2D eigenvalue weighted by molar-refractivity contribution is 7.26. The van der Waals surface area contributed by atoms with Crippen LogP contribution in [0.15, 0.2) is 186 Å². The summed E-state index contributed by atoms with van der Waals surface area (Å²) < 4.78 is 9.18. The second-order valence-corrected chi connectivity index (χ2v) is 15.4. The lowest BCUT2D eigenvalue weighted by atomic mass is 9.86. The molecule has 0 aliphatic carbocycles. The minimum atomic E-state index is 0.912. The first-order chi connectivity index (χ1) is 26.8. The van der Waals surface area contributed by atoms with Crippen LogP contribution in [0, 0.1) is 0 Å². The van der Waals surface area contributed by atoms with Gasteiger partial charge in [-0.05, 0) is 114 Å². The van der Waals surface area contributed by atoms with Crippen molar-refractivity contribution >= 4 is 96.5 Å². The summed E-state index contributed by atoms with van der Waals surface area (Å²) in [5, 5.41) is 14.9. The number of hydrogen-bond acceptors (Lipinski definition) is 2. The Hall–Kier alpha value is -6.74. The first kappa shape index (κ1) is 29.8. The van der Waals surface area contributed by atoms with Gasteiger partial charge in [0.25, 0.3) is 0 Å². The highest BCUT2D eigenvalue weighted by atomic mass is 32.1. The van der Waals surface area contributed by atoms with Crippen LogP contribution in [0.2, 0.25) is 0 Å². The van der Waals surface area contributed by atoms with E-state index in [2.05, 4.69) is 182 Å². The lowest BCUT2D eigenvalue weighted by Crippen LogP contribution is -1.89. The highest BCUT2D eigenvalue weighted by Gasteiger charge is 2.19. The Balaban J connectivity index is 1.09. The SMILES string of the molecule is c1ccc2c(c1)cc(-c1cc3ccc(-c4ccc(-c5cccc6c5sc5ccccc56)cc4)cc3c3c1ccc1oc4ccccc4c13)c1ccccc12. The molecular formula is C52H30OS. The Morgan fingerprint density at radius 1 is 0.315 bits per heavy atom. The third kappa shape index (κ3) is 4.32. The van der Waals surface area contributed by atoms with Gasteiger partial charge in [0.1, 0.15) is 11.2 Å². The minimum Gasteiger partial charge on any atom is -0.456 e. The Labute approximate surface area is 314 Å². The third-order valence-corrected chi connectivity index (χ3v) is 12.7. The number of fused-ring (bicyclic) bond motifs is 13. The fourth-order valence-electron chi connectivity index (χ4n) is 8.95. The fourth-order valence-corrected chi connectivity index (χ4v) is 10.2. The topological polar surface area (TPSA) is 13.1 Å². The molecule has 2 heteroatoms. The van der Waals surface area contributed by atoms with E-state index >= 15 is 0 Å². The van der Waals surface area contributed by atoms with E-state index in [4.69, 9.17) is 4.42 Å². The van der Waals surface area contributed by atoms with E-state index in [1.807, 2.05) is 11.3 Å². The Kier molecular flexibility index (Phi) is 6.28. The Morgan fingerprint density at radius 2 is 0.963 bits per heavy atom. The normalized spacial score (nSPS) is 12.1. The molecule has 0 fully saturated rings. The summed E-state index contributed by atoms with van der Waals surface area (Å²) in [6, 6.07) is 66.8. The van der Waals surface area contributed by atoms with E-state index in [1.165, 1.54) is 102 Å². The molecule has 0 bridgehead atoms. The number of thiophene rings is 1. The molecule has 0 N–H and O–H groups in total. The van der Waals surface area contributed by atoms with Crippen molar-refractivity contribution in [3.8, 4) is 33.4 Å². The number of rotatable bonds is 3. The molecule has 0 aliphatic rings. The lowest BCUT2D eigenvalue weighted by molar-refractivity contribution is 0.669. The summed E-state index contributed by atoms with van der Waals surface area (Å²) >= 11 is 1.88. The molecule has 0 radical (unpaired) electrons. The van der Waals surface area contributed by atoms with Crippen molar-refractivity contribution in [1.29, 1.82) is 0 Å². The summed E-state index contributed by atoms with van der Waals surface area (Å²) in [7, 11) is 0. The second kappa shape index (κ2) is 11.4. The number of hydrogen-bond donors (Lipinski definition) is 0. The van der Waals surface area contributed by atoms with Gasteiger partial charge in [0.2, 0.25) is 0 Å². The van der Waals surface area contributed by atoms with E-state index in [1.54, 1.807) is 0 Å². The van der Waals surface area contributed by atoms with Gasteiger partial charge in [0.15, 0.2) is 0 Å². The summed E-state index contributed by atoms with van der Waals surface area (Å²) in [5.41, 5.74) is 9.23. The molecular weight excluding hydrogens is 673 g/mol. The van der Waals surface area contributed by atoms with Crippen molar-refractivity contribution in [2.75, 3.05) is 0 Å². The van der Waals surface area contributed by atoms with Gasteiger partial charge in [-0.15, -0.1) is 11.3 Å². The molecule has 2 aromatic heterocycles. The van der Waals surface area contributed by atoms with E-state index in [9.17, 15) is 0 Å². The quantitative estimate of drug-likeness (QED) is 0.167. The number of furan rings is 1. The Morgan fingerprint density at radius 3 is 1.83 bits per heavy atom. The summed E-state index contributed by atoms with van der Waals surface area (Å²) in [4.78, 5) is 0. The van der Waals surface area contributed by atoms with Crippen molar-refractivity contribution in [2.24, 2.45) is 0 Å². The van der Waals surface area contributed by atoms with Gasteiger partial charge >= 0.3 is 0 Å². The number of benzene rings is 10. The molecule has 0 spiro atoms. The van der Waals surface area contributed by atoms with Crippen LogP contribution in [0.5, 0.6) is 0 Å². The fraction of sp³-hybridized carbons (Fsp3) is 0. The molecule has 0 saturated heterocycles. The van der Waals surface area contributed by atoms with E-state index in [-0.39, 0.29) is 0 Å². The monoisotopic (exact) mass is 702 g/mol. The van der Waals surface area contributed by atoms with E-state index in [0.29, 0.717) is 0 Å². The largest absolute Gasteiger partial charge is 0.456 e. The zero-order valence-electron chi connectivity index (χ0n) is 29.1. The smallest absolute Gasteiger partial charge is 0.136 e. The van der Waals surface area contributed by atoms with E-state index < -0.39 is 0 Å². The average molecular weight is 703 g/mol. The van der Waals surface area contributed by atoms with Crippen molar-refractivity contribution in [3.63, 3.8) is 0 Å². The van der Waals surface area contributed by atoms with Gasteiger partial charge in [-0.3, -0.25) is 0 Å². The predicted octanol–water partition coefficient (Wildman–Crippen LogP) is 15.6. The molecule has 10 aromatic carbocycles. The molecule has 54 heavy (non-hydrogen) atoms. The van der Waals surface area contributed by atoms with Crippen LogP contribution in [0.25, 0.3) is 119 Å². The van der Waals surface area contributed by atoms with Crippen LogP contribution >= 0.6 is 11.3 Å². The standard InChI is InChI=1S/C52H30OS/c1-2-11-36-34(10-1)29-45(39-13-4-3-12-38(36)39)46-30-35-25-24-33(28-44(35)50-41(46)26-27-48-51(50)43-15-5-7-18-47(43)53-48)31-20-22-32(23-21-31)37-16-9-17-42-40-14-6-8-19-49(40)54-52(37)42/h1-30H. The zero-order valence-corrected chi connectivity index (χ0v) is 30.0. The first-order valence-electron chi connectivity index (χ1n) is 18.5. The van der Waals surface area contributed by atoms with Gasteiger partial charge in [-0.1, -0.05) is 140 Å². The lowest BCUT2D eigenvalue weighted by Gasteiger charge is -2.16. The second-order valence-electron chi connectivity index (χ2n) is 14.4. The molecule has 0 aliphatic heterocycles. The van der Waals surface area contributed by atoms with Crippen LogP contribution in [-0.2, 0) is 0 Å². The van der Waals surface area contributed by atoms with Gasteiger partial charge in [-0.25, -0.2) is 0 Å². The third-order valence-electron chi connectivity index (χ3n) is 11.4. The van der Waals surface area contributed by atoms with Crippen LogP contribution < -0.4 is 0 Å². The average Bonchev–Trinajstić information content (AvgIpc) is 3.82. The van der Waals surface area contributed by atoms with Crippen molar-refractivity contribution < 1.29 is 4.42 Å². The van der Waals surface area contributed by atoms with Crippen molar-refractivity contribution in [3.05, 3.63) is 182 Å². The maximum Gasteiger partial charge on any atom is 0.136 e. The maximum absolute atomic E-state index is 6.50. The summed E-state index contributed by atoms with van der Waals surface area (Å²) in [6.45, 7) is 0. The van der Waals surface area contributed by atoms with Crippen molar-refractivity contribution in [1.82, 2.24) is 0 Å². The molecule has 12 rings (SSSR count). The molecule has 0 saturated carbocycles. The van der Waals surface area contributed by atoms with Crippen LogP contribution in [0.1, 0.15) is 0 Å². The first-order valence-corrected chi connectivity index (χ1v) is 19.3. The Bertz CT molecular complexity index is 3490. The highest BCUT2D eigenvalue weighted by Crippen LogP contribution is 2.46.